The van der Waals surface area contributed by atoms with Gasteiger partial charge in [0.05, 0.1) is 13.2 Å². The molecule has 1 aliphatic rings. The van der Waals surface area contributed by atoms with E-state index >= 15 is 0 Å². The molecule has 8 heteroatoms. The minimum atomic E-state index is -0.0893. The first kappa shape index (κ1) is 23.2. The second kappa shape index (κ2) is 10.8. The standard InChI is InChI=1S/C25H31N5O2S/c1-18-12-14-29(15-13-18)22(19-6-4-3-5-7-19)16-26-23(31)17-30-24(27-28-25(30)33)20-8-10-21(32-2)11-9-20/h3-11,18,22H,12-17H2,1-2H3,(H,26,31)(H,28,33). The molecule has 33 heavy (non-hydrogen) atoms. The van der Waals surface area contributed by atoms with Gasteiger partial charge in [-0.25, -0.2) is 0 Å². The number of hydrogen-bond acceptors (Lipinski definition) is 5. The number of benzene rings is 2. The Balaban J connectivity index is 1.45. The van der Waals surface area contributed by atoms with Crippen molar-refractivity contribution in [1.29, 1.82) is 0 Å². The molecule has 0 spiro atoms. The van der Waals surface area contributed by atoms with E-state index in [2.05, 4.69) is 51.6 Å². The number of likely N-dealkylation sites (tertiary alicyclic amines) is 1. The van der Waals surface area contributed by atoms with E-state index in [4.69, 9.17) is 17.0 Å². The SMILES string of the molecule is COc1ccc(-c2n[nH]c(=S)n2CC(=O)NCC(c2ccccc2)N2CCC(C)CC2)cc1. The van der Waals surface area contributed by atoms with Gasteiger partial charge in [0.25, 0.3) is 0 Å². The number of ether oxygens (including phenoxy) is 1. The monoisotopic (exact) mass is 465 g/mol. The maximum absolute atomic E-state index is 13.0. The molecule has 7 nitrogen and oxygen atoms in total. The first-order valence-corrected chi connectivity index (χ1v) is 11.8. The third-order valence-electron chi connectivity index (χ3n) is 6.34. The summed E-state index contributed by atoms with van der Waals surface area (Å²) in [6.07, 6.45) is 2.37. The molecule has 1 saturated heterocycles. The number of aromatic amines is 1. The van der Waals surface area contributed by atoms with Gasteiger partial charge < -0.3 is 10.1 Å². The van der Waals surface area contributed by atoms with Crippen LogP contribution in [-0.4, -0.2) is 52.3 Å². The number of nitrogens with one attached hydrogen (secondary N) is 2. The summed E-state index contributed by atoms with van der Waals surface area (Å²) in [7, 11) is 1.63. The van der Waals surface area contributed by atoms with Crippen LogP contribution < -0.4 is 10.1 Å². The topological polar surface area (TPSA) is 75.2 Å². The van der Waals surface area contributed by atoms with E-state index in [0.717, 1.165) is 30.3 Å². The average Bonchev–Trinajstić information content (AvgIpc) is 3.21. The summed E-state index contributed by atoms with van der Waals surface area (Å²) in [6.45, 7) is 5.07. The van der Waals surface area contributed by atoms with E-state index in [1.54, 1.807) is 11.7 Å². The molecule has 1 aliphatic heterocycles. The normalized spacial score (nSPS) is 15.8. The van der Waals surface area contributed by atoms with Gasteiger partial charge in [0.1, 0.15) is 12.3 Å². The van der Waals surface area contributed by atoms with E-state index in [-0.39, 0.29) is 18.5 Å². The number of amides is 1. The van der Waals surface area contributed by atoms with E-state index in [9.17, 15) is 4.79 Å². The highest BCUT2D eigenvalue weighted by atomic mass is 32.1. The average molecular weight is 466 g/mol. The van der Waals surface area contributed by atoms with Gasteiger partial charge in [0.2, 0.25) is 5.91 Å². The molecule has 3 aromatic rings. The van der Waals surface area contributed by atoms with Crippen LogP contribution in [0.3, 0.4) is 0 Å². The molecule has 2 heterocycles. The maximum atomic E-state index is 13.0. The van der Waals surface area contributed by atoms with Crippen molar-refractivity contribution in [2.75, 3.05) is 26.7 Å². The van der Waals surface area contributed by atoms with Crippen LogP contribution >= 0.6 is 12.2 Å². The quantitative estimate of drug-likeness (QED) is 0.488. The third-order valence-corrected chi connectivity index (χ3v) is 6.66. The Kier molecular flexibility index (Phi) is 7.57. The Morgan fingerprint density at radius 2 is 1.88 bits per heavy atom. The van der Waals surface area contributed by atoms with Gasteiger partial charge in [-0.3, -0.25) is 19.4 Å². The second-order valence-corrected chi connectivity index (χ2v) is 9.00. The van der Waals surface area contributed by atoms with Gasteiger partial charge >= 0.3 is 0 Å². The second-order valence-electron chi connectivity index (χ2n) is 8.62. The van der Waals surface area contributed by atoms with Gasteiger partial charge in [0.15, 0.2) is 10.6 Å². The zero-order valence-corrected chi connectivity index (χ0v) is 20.0. The van der Waals surface area contributed by atoms with Crippen molar-refractivity contribution < 1.29 is 9.53 Å². The number of rotatable bonds is 8. The molecule has 1 amide bonds. The number of carbonyl (C=O) groups is 1. The highest BCUT2D eigenvalue weighted by molar-refractivity contribution is 7.71. The lowest BCUT2D eigenvalue weighted by atomic mass is 9.95. The van der Waals surface area contributed by atoms with E-state index in [1.165, 1.54) is 18.4 Å². The minimum Gasteiger partial charge on any atom is -0.497 e. The Hall–Kier alpha value is -2.97. The van der Waals surface area contributed by atoms with Crippen LogP contribution in [0.2, 0.25) is 0 Å². The zero-order valence-electron chi connectivity index (χ0n) is 19.2. The molecule has 4 rings (SSSR count). The molecule has 0 radical (unpaired) electrons. The number of nitrogens with zero attached hydrogens (tertiary/aromatic N) is 3. The van der Waals surface area contributed by atoms with Crippen LogP contribution in [-0.2, 0) is 11.3 Å². The Labute approximate surface area is 199 Å². The van der Waals surface area contributed by atoms with Crippen LogP contribution in [0.5, 0.6) is 5.75 Å². The van der Waals surface area contributed by atoms with Gasteiger partial charge in [-0.1, -0.05) is 37.3 Å². The molecular weight excluding hydrogens is 434 g/mol. The highest BCUT2D eigenvalue weighted by Gasteiger charge is 2.25. The molecule has 2 N–H and O–H groups in total. The van der Waals surface area contributed by atoms with Crippen molar-refractivity contribution in [3.63, 3.8) is 0 Å². The molecule has 1 atom stereocenters. The summed E-state index contributed by atoms with van der Waals surface area (Å²) in [5, 5.41) is 10.3. The number of piperidine rings is 1. The fraction of sp³-hybridized carbons (Fsp3) is 0.400. The van der Waals surface area contributed by atoms with E-state index in [0.29, 0.717) is 17.1 Å². The van der Waals surface area contributed by atoms with Crippen molar-refractivity contribution in [3.8, 4) is 17.1 Å². The predicted octanol–water partition coefficient (Wildman–Crippen LogP) is 4.21. The largest absolute Gasteiger partial charge is 0.497 e. The number of methoxy groups -OCH3 is 1. The number of hydrogen-bond donors (Lipinski definition) is 2. The summed E-state index contributed by atoms with van der Waals surface area (Å²) in [5.41, 5.74) is 2.09. The van der Waals surface area contributed by atoms with Gasteiger partial charge in [-0.2, -0.15) is 5.10 Å². The molecule has 1 aromatic heterocycles. The predicted molar refractivity (Wildman–Crippen MR) is 132 cm³/mol. The minimum absolute atomic E-state index is 0.0893. The molecule has 1 fully saturated rings. The fourth-order valence-corrected chi connectivity index (χ4v) is 4.50. The number of carbonyl (C=O) groups excluding carboxylic acids is 1. The zero-order chi connectivity index (χ0) is 23.2. The Bertz CT molecular complexity index is 1100. The molecule has 1 unspecified atom stereocenters. The summed E-state index contributed by atoms with van der Waals surface area (Å²) < 4.78 is 7.37. The summed E-state index contributed by atoms with van der Waals surface area (Å²) in [6, 6.07) is 18.1. The van der Waals surface area contributed by atoms with Gasteiger partial charge in [-0.15, -0.1) is 0 Å². The van der Waals surface area contributed by atoms with Crippen LogP contribution in [0.25, 0.3) is 11.4 Å². The van der Waals surface area contributed by atoms with Crippen molar-refractivity contribution in [3.05, 3.63) is 64.9 Å². The summed E-state index contributed by atoms with van der Waals surface area (Å²) in [4.78, 5) is 15.4. The van der Waals surface area contributed by atoms with Gasteiger partial charge in [0, 0.05) is 12.1 Å². The first-order chi connectivity index (χ1) is 16.0. The lowest BCUT2D eigenvalue weighted by molar-refractivity contribution is -0.122. The smallest absolute Gasteiger partial charge is 0.240 e. The lowest BCUT2D eigenvalue weighted by Gasteiger charge is -2.37. The van der Waals surface area contributed by atoms with E-state index < -0.39 is 0 Å². The molecule has 0 saturated carbocycles. The number of aromatic nitrogens is 3. The Morgan fingerprint density at radius 1 is 1.18 bits per heavy atom. The summed E-state index contributed by atoms with van der Waals surface area (Å²) in [5.74, 6) is 2.05. The number of H-pyrrole nitrogens is 1. The van der Waals surface area contributed by atoms with Gasteiger partial charge in [-0.05, 0) is 73.9 Å². The van der Waals surface area contributed by atoms with Crippen LogP contribution in [0.1, 0.15) is 31.4 Å². The summed E-state index contributed by atoms with van der Waals surface area (Å²) >= 11 is 5.40. The van der Waals surface area contributed by atoms with Crippen molar-refractivity contribution in [1.82, 2.24) is 25.0 Å². The molecule has 0 aliphatic carbocycles. The Morgan fingerprint density at radius 3 is 2.55 bits per heavy atom. The van der Waals surface area contributed by atoms with E-state index in [1.807, 2.05) is 30.3 Å². The lowest BCUT2D eigenvalue weighted by Crippen LogP contribution is -2.42. The molecule has 0 bridgehead atoms. The maximum Gasteiger partial charge on any atom is 0.240 e. The fourth-order valence-electron chi connectivity index (χ4n) is 4.31. The third kappa shape index (κ3) is 5.69. The van der Waals surface area contributed by atoms with Crippen LogP contribution in [0.15, 0.2) is 54.6 Å². The van der Waals surface area contributed by atoms with Crippen molar-refractivity contribution in [2.24, 2.45) is 5.92 Å². The van der Waals surface area contributed by atoms with Crippen LogP contribution in [0.4, 0.5) is 0 Å². The molecule has 174 valence electrons. The first-order valence-electron chi connectivity index (χ1n) is 11.4. The molecular formula is C25H31N5O2S. The van der Waals surface area contributed by atoms with Crippen molar-refractivity contribution >= 4 is 18.1 Å². The molecule has 2 aromatic carbocycles. The van der Waals surface area contributed by atoms with Crippen LogP contribution in [0, 0.1) is 10.7 Å². The highest BCUT2D eigenvalue weighted by Crippen LogP contribution is 2.26. The van der Waals surface area contributed by atoms with Crippen molar-refractivity contribution in [2.45, 2.75) is 32.4 Å².